The molecule has 3 nitrogen and oxygen atoms in total. The number of benzene rings is 2. The van der Waals surface area contributed by atoms with Gasteiger partial charge in [-0.15, -0.1) is 0 Å². The zero-order valence-corrected chi connectivity index (χ0v) is 15.5. The van der Waals surface area contributed by atoms with Crippen LogP contribution >= 0.6 is 22.6 Å². The van der Waals surface area contributed by atoms with E-state index in [1.807, 2.05) is 44.2 Å². The maximum atomic E-state index is 12.8. The molecule has 2 aromatic rings. The summed E-state index contributed by atoms with van der Waals surface area (Å²) in [5.41, 5.74) is 1.50. The molecular formula is C19H19IO3. The highest BCUT2D eigenvalue weighted by atomic mass is 127. The summed E-state index contributed by atoms with van der Waals surface area (Å²) >= 11 is 2.06. The lowest BCUT2D eigenvalue weighted by molar-refractivity contribution is 0.104. The molecule has 2 rings (SSSR count). The van der Waals surface area contributed by atoms with Crippen molar-refractivity contribution in [3.05, 3.63) is 69.3 Å². The van der Waals surface area contributed by atoms with E-state index in [2.05, 4.69) is 22.6 Å². The predicted molar refractivity (Wildman–Crippen MR) is 101 cm³/mol. The minimum absolute atomic E-state index is 0.0151. The molecule has 120 valence electrons. The van der Waals surface area contributed by atoms with Crippen molar-refractivity contribution in [3.63, 3.8) is 0 Å². The molecule has 0 saturated heterocycles. The highest BCUT2D eigenvalue weighted by Crippen LogP contribution is 2.29. The van der Waals surface area contributed by atoms with E-state index >= 15 is 0 Å². The summed E-state index contributed by atoms with van der Waals surface area (Å²) in [6.45, 7) is 3.90. The molecule has 0 aliphatic rings. The monoisotopic (exact) mass is 422 g/mol. The van der Waals surface area contributed by atoms with Crippen molar-refractivity contribution in [1.82, 2.24) is 0 Å². The van der Waals surface area contributed by atoms with E-state index in [4.69, 9.17) is 9.47 Å². The lowest BCUT2D eigenvalue weighted by atomic mass is 10.1. The molecular weight excluding hydrogens is 403 g/mol. The van der Waals surface area contributed by atoms with Gasteiger partial charge in [0.1, 0.15) is 15.1 Å². The molecule has 0 atom stereocenters. The number of hydrogen-bond donors (Lipinski definition) is 0. The number of carbonyl (C=O) groups is 1. The molecule has 0 saturated carbocycles. The quantitative estimate of drug-likeness (QED) is 0.281. The van der Waals surface area contributed by atoms with E-state index in [0.29, 0.717) is 14.9 Å². The summed E-state index contributed by atoms with van der Waals surface area (Å²) < 4.78 is 11.6. The smallest absolute Gasteiger partial charge is 0.202 e. The van der Waals surface area contributed by atoms with Gasteiger partial charge in [-0.3, -0.25) is 4.79 Å². The number of rotatable bonds is 6. The first-order valence-corrected chi connectivity index (χ1v) is 8.41. The van der Waals surface area contributed by atoms with E-state index in [0.717, 1.165) is 11.3 Å². The van der Waals surface area contributed by atoms with E-state index in [1.165, 1.54) is 0 Å². The first-order valence-electron chi connectivity index (χ1n) is 7.33. The standard InChI is InChI=1S/C19H19IO3/c1-13(2)23-19(15-7-5-4-6-8-15)17(20)18(21)14-9-11-16(22-3)12-10-14/h4-13H,1-3H3/b19-17-. The van der Waals surface area contributed by atoms with Crippen molar-refractivity contribution in [2.75, 3.05) is 7.11 Å². The second-order valence-electron chi connectivity index (χ2n) is 5.23. The van der Waals surface area contributed by atoms with Crippen molar-refractivity contribution >= 4 is 34.1 Å². The lowest BCUT2D eigenvalue weighted by Crippen LogP contribution is -2.08. The molecule has 2 aromatic carbocycles. The molecule has 0 heterocycles. The van der Waals surface area contributed by atoms with Crippen molar-refractivity contribution in [1.29, 1.82) is 0 Å². The van der Waals surface area contributed by atoms with Crippen LogP contribution in [0, 0.1) is 0 Å². The third-order valence-electron chi connectivity index (χ3n) is 3.14. The Morgan fingerprint density at radius 1 is 0.957 bits per heavy atom. The Bertz CT molecular complexity index is 688. The van der Waals surface area contributed by atoms with Gasteiger partial charge >= 0.3 is 0 Å². The van der Waals surface area contributed by atoms with Crippen LogP contribution in [-0.2, 0) is 4.74 Å². The molecule has 0 spiro atoms. The summed E-state index contributed by atoms with van der Waals surface area (Å²) in [4.78, 5) is 12.8. The first-order chi connectivity index (χ1) is 11.0. The molecule has 0 unspecified atom stereocenters. The second-order valence-corrected chi connectivity index (χ2v) is 6.31. The molecule has 0 N–H and O–H groups in total. The van der Waals surface area contributed by atoms with Gasteiger partial charge in [0, 0.05) is 11.1 Å². The number of methoxy groups -OCH3 is 1. The van der Waals surface area contributed by atoms with Crippen LogP contribution in [0.1, 0.15) is 29.8 Å². The van der Waals surface area contributed by atoms with Gasteiger partial charge in [0.15, 0.2) is 0 Å². The highest BCUT2D eigenvalue weighted by Gasteiger charge is 2.18. The molecule has 23 heavy (non-hydrogen) atoms. The number of ether oxygens (including phenoxy) is 2. The van der Waals surface area contributed by atoms with E-state index < -0.39 is 0 Å². The topological polar surface area (TPSA) is 35.5 Å². The number of allylic oxidation sites excluding steroid dienone is 1. The number of ketones is 1. The molecule has 4 heteroatoms. The average Bonchev–Trinajstić information content (AvgIpc) is 2.59. The average molecular weight is 422 g/mol. The molecule has 0 bridgehead atoms. The molecule has 0 fully saturated rings. The zero-order chi connectivity index (χ0) is 16.8. The lowest BCUT2D eigenvalue weighted by Gasteiger charge is -2.16. The summed E-state index contributed by atoms with van der Waals surface area (Å²) in [7, 11) is 1.60. The van der Waals surface area contributed by atoms with Crippen LogP contribution in [0.2, 0.25) is 0 Å². The zero-order valence-electron chi connectivity index (χ0n) is 13.4. The van der Waals surface area contributed by atoms with Gasteiger partial charge in [-0.1, -0.05) is 30.3 Å². The minimum atomic E-state index is -0.0623. The van der Waals surface area contributed by atoms with Gasteiger partial charge < -0.3 is 9.47 Å². The van der Waals surface area contributed by atoms with Crippen LogP contribution in [0.25, 0.3) is 5.76 Å². The third kappa shape index (κ3) is 4.58. The summed E-state index contributed by atoms with van der Waals surface area (Å²) in [5.74, 6) is 1.28. The summed E-state index contributed by atoms with van der Waals surface area (Å²) in [6.07, 6.45) is -0.0151. The maximum Gasteiger partial charge on any atom is 0.202 e. The maximum absolute atomic E-state index is 12.8. The second kappa shape index (κ2) is 8.15. The van der Waals surface area contributed by atoms with Crippen molar-refractivity contribution in [2.24, 2.45) is 0 Å². The molecule has 0 aliphatic carbocycles. The summed E-state index contributed by atoms with van der Waals surface area (Å²) in [6, 6.07) is 16.8. The fourth-order valence-corrected chi connectivity index (χ4v) is 2.79. The molecule has 0 aliphatic heterocycles. The normalized spacial score (nSPS) is 11.9. The molecule has 0 radical (unpaired) electrons. The van der Waals surface area contributed by atoms with Crippen LogP contribution in [0.5, 0.6) is 5.75 Å². The fourth-order valence-electron chi connectivity index (χ4n) is 2.04. The van der Waals surface area contributed by atoms with Gasteiger partial charge in [-0.05, 0) is 60.7 Å². The van der Waals surface area contributed by atoms with Crippen LogP contribution in [0.15, 0.2) is 58.2 Å². The van der Waals surface area contributed by atoms with Gasteiger partial charge in [0.25, 0.3) is 0 Å². The van der Waals surface area contributed by atoms with Gasteiger partial charge in [-0.2, -0.15) is 0 Å². The third-order valence-corrected chi connectivity index (χ3v) is 4.12. The Kier molecular flexibility index (Phi) is 6.21. The number of hydrogen-bond acceptors (Lipinski definition) is 3. The number of carbonyl (C=O) groups excluding carboxylic acids is 1. The molecule has 0 amide bonds. The van der Waals surface area contributed by atoms with E-state index in [1.54, 1.807) is 31.4 Å². The van der Waals surface area contributed by atoms with E-state index in [-0.39, 0.29) is 11.9 Å². The van der Waals surface area contributed by atoms with Gasteiger partial charge in [0.05, 0.1) is 13.2 Å². The molecule has 0 aromatic heterocycles. The largest absolute Gasteiger partial charge is 0.497 e. The Morgan fingerprint density at radius 2 is 1.57 bits per heavy atom. The Hall–Kier alpha value is -1.82. The Balaban J connectivity index is 2.41. The van der Waals surface area contributed by atoms with Gasteiger partial charge in [0.2, 0.25) is 5.78 Å². The first kappa shape index (κ1) is 17.5. The number of Topliss-reactive ketones (excluding diaryl/α,β-unsaturated/α-hetero) is 1. The Labute approximate surface area is 150 Å². The van der Waals surface area contributed by atoms with Crippen LogP contribution < -0.4 is 4.74 Å². The van der Waals surface area contributed by atoms with Crippen molar-refractivity contribution < 1.29 is 14.3 Å². The Morgan fingerprint density at radius 3 is 2.09 bits per heavy atom. The predicted octanol–water partition coefficient (Wildman–Crippen LogP) is 5.11. The number of halogens is 1. The highest BCUT2D eigenvalue weighted by molar-refractivity contribution is 14.1. The van der Waals surface area contributed by atoms with Crippen molar-refractivity contribution in [2.45, 2.75) is 20.0 Å². The minimum Gasteiger partial charge on any atom is -0.497 e. The fraction of sp³-hybridized carbons (Fsp3) is 0.211. The van der Waals surface area contributed by atoms with Crippen LogP contribution in [0.4, 0.5) is 0 Å². The summed E-state index contributed by atoms with van der Waals surface area (Å²) in [5, 5.41) is 0. The van der Waals surface area contributed by atoms with Crippen LogP contribution in [-0.4, -0.2) is 19.0 Å². The van der Waals surface area contributed by atoms with E-state index in [9.17, 15) is 4.79 Å². The van der Waals surface area contributed by atoms with Crippen LogP contribution in [0.3, 0.4) is 0 Å². The van der Waals surface area contributed by atoms with Crippen molar-refractivity contribution in [3.8, 4) is 5.75 Å². The SMILES string of the molecule is COc1ccc(C(=O)/C(I)=C(/OC(C)C)c2ccccc2)cc1. The van der Waals surface area contributed by atoms with Gasteiger partial charge in [-0.25, -0.2) is 0 Å².